The summed E-state index contributed by atoms with van der Waals surface area (Å²) in [5.74, 6) is -0.124. The number of anilines is 2. The normalized spacial score (nSPS) is 10.4. The van der Waals surface area contributed by atoms with Crippen molar-refractivity contribution >= 4 is 34.0 Å². The van der Waals surface area contributed by atoms with Crippen molar-refractivity contribution in [2.75, 3.05) is 17.3 Å². The maximum absolute atomic E-state index is 12.0. The first kappa shape index (κ1) is 16.2. The molecule has 0 atom stereocenters. The molecule has 1 heterocycles. The van der Waals surface area contributed by atoms with E-state index in [1.807, 2.05) is 38.1 Å². The molecule has 116 valence electrons. The standard InChI is InChI=1S/C16H19N3O2S/c1-10-11(2)22-16(17-10)18-15(21)9-13-5-7-14(8-6-13)19(4)12(3)20/h5-8H,9H2,1-4H3,(H,17,18,21). The second kappa shape index (κ2) is 6.70. The molecule has 2 rings (SSSR count). The third-order valence-corrected chi connectivity index (χ3v) is 4.42. The van der Waals surface area contributed by atoms with Crippen LogP contribution in [0.5, 0.6) is 0 Å². The monoisotopic (exact) mass is 317 g/mol. The molecule has 5 nitrogen and oxygen atoms in total. The number of aromatic nitrogens is 1. The lowest BCUT2D eigenvalue weighted by atomic mass is 10.1. The summed E-state index contributed by atoms with van der Waals surface area (Å²) < 4.78 is 0. The molecule has 1 N–H and O–H groups in total. The molecule has 0 aliphatic heterocycles. The summed E-state index contributed by atoms with van der Waals surface area (Å²) in [4.78, 5) is 30.3. The molecule has 2 aromatic rings. The minimum Gasteiger partial charge on any atom is -0.316 e. The van der Waals surface area contributed by atoms with Gasteiger partial charge in [0.25, 0.3) is 0 Å². The van der Waals surface area contributed by atoms with Gasteiger partial charge in [0.15, 0.2) is 5.13 Å². The average molecular weight is 317 g/mol. The summed E-state index contributed by atoms with van der Waals surface area (Å²) in [6.07, 6.45) is 0.280. The minimum absolute atomic E-state index is 0.0278. The van der Waals surface area contributed by atoms with Crippen LogP contribution in [0.15, 0.2) is 24.3 Å². The first-order valence-corrected chi connectivity index (χ1v) is 7.75. The fourth-order valence-corrected chi connectivity index (χ4v) is 2.73. The van der Waals surface area contributed by atoms with Crippen LogP contribution in [-0.4, -0.2) is 23.8 Å². The van der Waals surface area contributed by atoms with Gasteiger partial charge in [-0.15, -0.1) is 11.3 Å². The molecule has 0 fully saturated rings. The number of nitrogens with zero attached hydrogens (tertiary/aromatic N) is 2. The van der Waals surface area contributed by atoms with Crippen LogP contribution in [0, 0.1) is 13.8 Å². The number of rotatable bonds is 4. The summed E-state index contributed by atoms with van der Waals surface area (Å²) in [5, 5.41) is 3.44. The van der Waals surface area contributed by atoms with Gasteiger partial charge in [-0.25, -0.2) is 4.98 Å². The van der Waals surface area contributed by atoms with E-state index in [1.165, 1.54) is 18.3 Å². The topological polar surface area (TPSA) is 62.3 Å². The van der Waals surface area contributed by atoms with E-state index in [9.17, 15) is 9.59 Å². The van der Waals surface area contributed by atoms with Crippen molar-refractivity contribution in [1.82, 2.24) is 4.98 Å². The molecule has 2 amide bonds. The lowest BCUT2D eigenvalue weighted by Crippen LogP contribution is -2.22. The molecule has 0 aliphatic carbocycles. The van der Waals surface area contributed by atoms with Gasteiger partial charge in [0.1, 0.15) is 0 Å². The van der Waals surface area contributed by atoms with E-state index in [4.69, 9.17) is 0 Å². The van der Waals surface area contributed by atoms with E-state index in [0.29, 0.717) is 5.13 Å². The molecule has 0 radical (unpaired) electrons. The molecular weight excluding hydrogens is 298 g/mol. The predicted octanol–water partition coefficient (Wildman–Crippen LogP) is 2.92. The van der Waals surface area contributed by atoms with E-state index in [0.717, 1.165) is 21.8 Å². The van der Waals surface area contributed by atoms with Crippen molar-refractivity contribution in [2.24, 2.45) is 0 Å². The second-order valence-electron chi connectivity index (χ2n) is 5.13. The van der Waals surface area contributed by atoms with E-state index in [-0.39, 0.29) is 18.2 Å². The summed E-state index contributed by atoms with van der Waals surface area (Å²) in [6.45, 7) is 5.41. The van der Waals surface area contributed by atoms with Gasteiger partial charge in [-0.3, -0.25) is 9.59 Å². The number of amides is 2. The predicted molar refractivity (Wildman–Crippen MR) is 89.4 cm³/mol. The van der Waals surface area contributed by atoms with E-state index in [2.05, 4.69) is 10.3 Å². The second-order valence-corrected chi connectivity index (χ2v) is 6.33. The molecule has 0 spiro atoms. The first-order chi connectivity index (χ1) is 10.4. The van der Waals surface area contributed by atoms with Crippen molar-refractivity contribution in [3.8, 4) is 0 Å². The zero-order valence-corrected chi connectivity index (χ0v) is 14.0. The number of hydrogen-bond donors (Lipinski definition) is 1. The summed E-state index contributed by atoms with van der Waals surface area (Å²) in [5.41, 5.74) is 2.64. The van der Waals surface area contributed by atoms with Crippen LogP contribution in [0.2, 0.25) is 0 Å². The molecule has 6 heteroatoms. The zero-order valence-electron chi connectivity index (χ0n) is 13.1. The lowest BCUT2D eigenvalue weighted by Gasteiger charge is -2.15. The Kier molecular flexibility index (Phi) is 4.92. The maximum Gasteiger partial charge on any atom is 0.230 e. The Bertz CT molecular complexity index is 672. The minimum atomic E-state index is -0.0959. The van der Waals surface area contributed by atoms with Crippen LogP contribution in [0.1, 0.15) is 23.1 Å². The lowest BCUT2D eigenvalue weighted by molar-refractivity contribution is -0.116. The van der Waals surface area contributed by atoms with Gasteiger partial charge in [0, 0.05) is 24.5 Å². The molecule has 0 saturated heterocycles. The highest BCUT2D eigenvalue weighted by Crippen LogP contribution is 2.21. The molecule has 0 aliphatic rings. The van der Waals surface area contributed by atoms with E-state index >= 15 is 0 Å². The van der Waals surface area contributed by atoms with Gasteiger partial charge < -0.3 is 10.2 Å². The van der Waals surface area contributed by atoms with Gasteiger partial charge in [-0.2, -0.15) is 0 Å². The number of thiazole rings is 1. The Morgan fingerprint density at radius 3 is 2.36 bits per heavy atom. The van der Waals surface area contributed by atoms with E-state index < -0.39 is 0 Å². The number of hydrogen-bond acceptors (Lipinski definition) is 4. The van der Waals surface area contributed by atoms with Gasteiger partial charge >= 0.3 is 0 Å². The SMILES string of the molecule is CC(=O)N(C)c1ccc(CC(=O)Nc2nc(C)c(C)s2)cc1. The molecule has 0 unspecified atom stereocenters. The maximum atomic E-state index is 12.0. The van der Waals surface area contributed by atoms with Crippen LogP contribution < -0.4 is 10.2 Å². The van der Waals surface area contributed by atoms with Crippen molar-refractivity contribution in [3.63, 3.8) is 0 Å². The van der Waals surface area contributed by atoms with Crippen LogP contribution in [0.4, 0.5) is 10.8 Å². The number of aryl methyl sites for hydroxylation is 2. The summed E-state index contributed by atoms with van der Waals surface area (Å²) in [7, 11) is 1.72. The van der Waals surface area contributed by atoms with Gasteiger partial charge in [-0.1, -0.05) is 12.1 Å². The fourth-order valence-electron chi connectivity index (χ4n) is 1.89. The third-order valence-electron chi connectivity index (χ3n) is 3.44. The zero-order chi connectivity index (χ0) is 16.3. The Morgan fingerprint density at radius 1 is 1.23 bits per heavy atom. The molecule has 22 heavy (non-hydrogen) atoms. The average Bonchev–Trinajstić information content (AvgIpc) is 2.76. The van der Waals surface area contributed by atoms with Crippen molar-refractivity contribution < 1.29 is 9.59 Å². The van der Waals surface area contributed by atoms with Crippen molar-refractivity contribution in [2.45, 2.75) is 27.2 Å². The Morgan fingerprint density at radius 2 is 1.86 bits per heavy atom. The molecule has 0 bridgehead atoms. The smallest absolute Gasteiger partial charge is 0.230 e. The molecule has 0 saturated carbocycles. The first-order valence-electron chi connectivity index (χ1n) is 6.94. The van der Waals surface area contributed by atoms with Crippen LogP contribution in [-0.2, 0) is 16.0 Å². The molecule has 1 aromatic heterocycles. The highest BCUT2D eigenvalue weighted by molar-refractivity contribution is 7.15. The summed E-state index contributed by atoms with van der Waals surface area (Å²) >= 11 is 1.48. The third kappa shape index (κ3) is 3.92. The number of carbonyl (C=O) groups excluding carboxylic acids is 2. The van der Waals surface area contributed by atoms with Gasteiger partial charge in [-0.05, 0) is 31.5 Å². The van der Waals surface area contributed by atoms with Crippen LogP contribution >= 0.6 is 11.3 Å². The number of carbonyl (C=O) groups is 2. The van der Waals surface area contributed by atoms with E-state index in [1.54, 1.807) is 11.9 Å². The van der Waals surface area contributed by atoms with Gasteiger partial charge in [0.2, 0.25) is 11.8 Å². The fraction of sp³-hybridized carbons (Fsp3) is 0.312. The Hall–Kier alpha value is -2.21. The van der Waals surface area contributed by atoms with Crippen molar-refractivity contribution in [3.05, 3.63) is 40.4 Å². The number of nitrogens with one attached hydrogen (secondary N) is 1. The highest BCUT2D eigenvalue weighted by Gasteiger charge is 2.10. The number of benzene rings is 1. The van der Waals surface area contributed by atoms with Crippen LogP contribution in [0.25, 0.3) is 0 Å². The largest absolute Gasteiger partial charge is 0.316 e. The summed E-state index contributed by atoms with van der Waals surface area (Å²) in [6, 6.07) is 7.38. The quantitative estimate of drug-likeness (QED) is 0.943. The van der Waals surface area contributed by atoms with Crippen molar-refractivity contribution in [1.29, 1.82) is 0 Å². The Labute approximate surface area is 134 Å². The van der Waals surface area contributed by atoms with Gasteiger partial charge in [0.05, 0.1) is 12.1 Å². The highest BCUT2D eigenvalue weighted by atomic mass is 32.1. The van der Waals surface area contributed by atoms with Crippen LogP contribution in [0.3, 0.4) is 0 Å². The molecular formula is C16H19N3O2S. The molecule has 1 aromatic carbocycles. The Balaban J connectivity index is 1.98.